The van der Waals surface area contributed by atoms with Crippen molar-refractivity contribution in [3.05, 3.63) is 36.0 Å². The quantitative estimate of drug-likeness (QED) is 0.894. The number of para-hydroxylation sites is 1. The van der Waals surface area contributed by atoms with Gasteiger partial charge in [0.1, 0.15) is 0 Å². The number of nitrogens with zero attached hydrogens (tertiary/aromatic N) is 3. The van der Waals surface area contributed by atoms with Gasteiger partial charge in [-0.25, -0.2) is 4.79 Å². The summed E-state index contributed by atoms with van der Waals surface area (Å²) in [7, 11) is 0. The monoisotopic (exact) mass is 300 g/mol. The molecule has 21 heavy (non-hydrogen) atoms. The van der Waals surface area contributed by atoms with E-state index < -0.39 is 29.6 Å². The van der Waals surface area contributed by atoms with Crippen molar-refractivity contribution in [3.63, 3.8) is 0 Å². The number of nitrogens with one attached hydrogen (secondary N) is 1. The Morgan fingerprint density at radius 3 is 2.33 bits per heavy atom. The molecule has 2 rings (SSSR count). The van der Waals surface area contributed by atoms with Crippen molar-refractivity contribution in [1.29, 1.82) is 0 Å². The fourth-order valence-electron chi connectivity index (χ4n) is 1.47. The van der Waals surface area contributed by atoms with Crippen molar-refractivity contribution in [2.24, 2.45) is 0 Å². The Balaban J connectivity index is 2.49. The highest BCUT2D eigenvalue weighted by molar-refractivity contribution is 6.00. The molecule has 10 heteroatoms. The molecule has 1 aromatic heterocycles. The van der Waals surface area contributed by atoms with Gasteiger partial charge in [0.2, 0.25) is 5.69 Å². The van der Waals surface area contributed by atoms with E-state index in [4.69, 9.17) is 5.11 Å². The summed E-state index contributed by atoms with van der Waals surface area (Å²) in [6.07, 6.45) is -5.17. The molecule has 1 aromatic carbocycles. The number of carbonyl (C=O) groups is 2. The topological polar surface area (TPSA) is 97.1 Å². The van der Waals surface area contributed by atoms with E-state index >= 15 is 0 Å². The minimum absolute atomic E-state index is 0.245. The molecule has 0 aliphatic heterocycles. The van der Waals surface area contributed by atoms with Crippen LogP contribution in [0.4, 0.5) is 19.0 Å². The zero-order valence-electron chi connectivity index (χ0n) is 10.1. The number of benzene rings is 1. The molecule has 2 aromatic rings. The number of carboxylic acids is 1. The minimum Gasteiger partial charge on any atom is -0.476 e. The van der Waals surface area contributed by atoms with E-state index in [2.05, 4.69) is 10.3 Å². The van der Waals surface area contributed by atoms with Crippen LogP contribution in [0.2, 0.25) is 0 Å². The molecular formula is C11H7F3N4O3. The van der Waals surface area contributed by atoms with Crippen LogP contribution < -0.4 is 5.32 Å². The summed E-state index contributed by atoms with van der Waals surface area (Å²) >= 11 is 0. The molecule has 2 N–H and O–H groups in total. The lowest BCUT2D eigenvalue weighted by atomic mass is 10.3. The van der Waals surface area contributed by atoms with E-state index in [9.17, 15) is 22.8 Å². The maximum Gasteiger partial charge on any atom is 0.471 e. The molecule has 0 bridgehead atoms. The Morgan fingerprint density at radius 1 is 1.19 bits per heavy atom. The molecule has 0 saturated heterocycles. The Labute approximate surface area is 115 Å². The van der Waals surface area contributed by atoms with Gasteiger partial charge in [-0.3, -0.25) is 4.79 Å². The number of carboxylic acid groups (broad SMARTS) is 1. The third kappa shape index (κ3) is 2.99. The smallest absolute Gasteiger partial charge is 0.471 e. The standard InChI is InChI=1S/C11H7F3N4O3/c12-11(13,14)10(21)15-8-7(9(19)20)16-17-18(8)6-4-2-1-3-5-6/h1-5H,(H,15,21)(H,19,20). The summed E-state index contributed by atoms with van der Waals surface area (Å²) in [5.74, 6) is -4.60. The highest BCUT2D eigenvalue weighted by Crippen LogP contribution is 2.22. The van der Waals surface area contributed by atoms with Gasteiger partial charge in [0.25, 0.3) is 0 Å². The summed E-state index contributed by atoms with van der Waals surface area (Å²) < 4.78 is 37.7. The highest BCUT2D eigenvalue weighted by Gasteiger charge is 2.40. The van der Waals surface area contributed by atoms with Crippen molar-refractivity contribution in [2.75, 3.05) is 5.32 Å². The molecule has 0 unspecified atom stereocenters. The first-order chi connectivity index (χ1) is 9.80. The number of aromatic carboxylic acids is 1. The van der Waals surface area contributed by atoms with E-state index in [-0.39, 0.29) is 5.69 Å². The van der Waals surface area contributed by atoms with Gasteiger partial charge < -0.3 is 10.4 Å². The number of hydrogen-bond donors (Lipinski definition) is 2. The van der Waals surface area contributed by atoms with Crippen LogP contribution >= 0.6 is 0 Å². The number of hydrogen-bond acceptors (Lipinski definition) is 4. The van der Waals surface area contributed by atoms with Gasteiger partial charge in [0.15, 0.2) is 5.82 Å². The minimum atomic E-state index is -5.17. The summed E-state index contributed by atoms with van der Waals surface area (Å²) in [4.78, 5) is 21.9. The number of rotatable bonds is 3. The second-order valence-electron chi connectivity index (χ2n) is 3.79. The van der Waals surface area contributed by atoms with Gasteiger partial charge in [0.05, 0.1) is 5.69 Å². The molecule has 110 valence electrons. The van der Waals surface area contributed by atoms with E-state index in [1.54, 1.807) is 18.2 Å². The molecule has 0 radical (unpaired) electrons. The predicted molar refractivity (Wildman–Crippen MR) is 63.0 cm³/mol. The van der Waals surface area contributed by atoms with Crippen LogP contribution in [0, 0.1) is 0 Å². The van der Waals surface area contributed by atoms with Crippen molar-refractivity contribution in [1.82, 2.24) is 15.0 Å². The SMILES string of the molecule is O=C(O)c1nnn(-c2ccccc2)c1NC(=O)C(F)(F)F. The third-order valence-electron chi connectivity index (χ3n) is 2.36. The van der Waals surface area contributed by atoms with Crippen LogP contribution in [-0.2, 0) is 4.79 Å². The number of alkyl halides is 3. The molecule has 0 spiro atoms. The fourth-order valence-corrected chi connectivity index (χ4v) is 1.47. The summed E-state index contributed by atoms with van der Waals surface area (Å²) in [6, 6.07) is 7.69. The average molecular weight is 300 g/mol. The summed E-state index contributed by atoms with van der Waals surface area (Å²) in [5.41, 5.74) is -0.550. The molecule has 1 heterocycles. The maximum atomic E-state index is 12.3. The van der Waals surface area contributed by atoms with Gasteiger partial charge in [-0.15, -0.1) is 5.10 Å². The third-order valence-corrected chi connectivity index (χ3v) is 2.36. The first kappa shape index (κ1) is 14.5. The average Bonchev–Trinajstić information content (AvgIpc) is 2.82. The molecular weight excluding hydrogens is 293 g/mol. The molecule has 0 aliphatic carbocycles. The van der Waals surface area contributed by atoms with E-state index in [1.807, 2.05) is 0 Å². The number of aromatic nitrogens is 3. The van der Waals surface area contributed by atoms with Crippen LogP contribution in [0.1, 0.15) is 10.5 Å². The molecule has 0 saturated carbocycles. The van der Waals surface area contributed by atoms with Gasteiger partial charge >= 0.3 is 18.1 Å². The largest absolute Gasteiger partial charge is 0.476 e. The predicted octanol–water partition coefficient (Wildman–Crippen LogP) is 1.47. The highest BCUT2D eigenvalue weighted by atomic mass is 19.4. The van der Waals surface area contributed by atoms with Crippen molar-refractivity contribution < 1.29 is 27.9 Å². The Hall–Kier alpha value is -2.91. The van der Waals surface area contributed by atoms with Gasteiger partial charge in [0, 0.05) is 0 Å². The van der Waals surface area contributed by atoms with Crippen LogP contribution in [0.3, 0.4) is 0 Å². The molecule has 1 amide bonds. The van der Waals surface area contributed by atoms with E-state index in [1.165, 1.54) is 17.4 Å². The number of halogens is 3. The second-order valence-corrected chi connectivity index (χ2v) is 3.79. The fraction of sp³-hybridized carbons (Fsp3) is 0.0909. The Kier molecular flexibility index (Phi) is 3.61. The van der Waals surface area contributed by atoms with Crippen LogP contribution in [0.5, 0.6) is 0 Å². The second kappa shape index (κ2) is 5.23. The first-order valence-corrected chi connectivity index (χ1v) is 5.43. The van der Waals surface area contributed by atoms with Gasteiger partial charge in [-0.1, -0.05) is 23.4 Å². The number of amides is 1. The number of carbonyl (C=O) groups excluding carboxylic acids is 1. The van der Waals surface area contributed by atoms with Crippen molar-refractivity contribution in [3.8, 4) is 5.69 Å². The van der Waals surface area contributed by atoms with Crippen LogP contribution in [0.25, 0.3) is 5.69 Å². The lowest BCUT2D eigenvalue weighted by Gasteiger charge is -2.10. The Morgan fingerprint density at radius 2 is 1.81 bits per heavy atom. The normalized spacial score (nSPS) is 11.2. The van der Waals surface area contributed by atoms with Gasteiger partial charge in [-0.05, 0) is 12.1 Å². The van der Waals surface area contributed by atoms with Gasteiger partial charge in [-0.2, -0.15) is 17.9 Å². The Bertz CT molecular complexity index is 682. The summed E-state index contributed by atoms with van der Waals surface area (Å²) in [6.45, 7) is 0. The number of anilines is 1. The molecule has 0 atom stereocenters. The first-order valence-electron chi connectivity index (χ1n) is 5.43. The lowest BCUT2D eigenvalue weighted by molar-refractivity contribution is -0.167. The van der Waals surface area contributed by atoms with E-state index in [0.29, 0.717) is 0 Å². The maximum absolute atomic E-state index is 12.3. The van der Waals surface area contributed by atoms with Crippen LogP contribution in [-0.4, -0.2) is 38.2 Å². The molecule has 0 aliphatic rings. The zero-order valence-corrected chi connectivity index (χ0v) is 10.1. The molecule has 0 fully saturated rings. The van der Waals surface area contributed by atoms with Crippen molar-refractivity contribution in [2.45, 2.75) is 6.18 Å². The molecule has 7 nitrogen and oxygen atoms in total. The zero-order chi connectivity index (χ0) is 15.6. The summed E-state index contributed by atoms with van der Waals surface area (Å²) in [5, 5.41) is 17.1. The van der Waals surface area contributed by atoms with Crippen molar-refractivity contribution >= 4 is 17.7 Å². The van der Waals surface area contributed by atoms with E-state index in [0.717, 1.165) is 4.68 Å². The van der Waals surface area contributed by atoms with Crippen LogP contribution in [0.15, 0.2) is 30.3 Å². The lowest BCUT2D eigenvalue weighted by Crippen LogP contribution is -2.31.